The fourth-order valence-corrected chi connectivity index (χ4v) is 10.1. The number of halogens is 1. The minimum Gasteiger partial charge on any atom is -0.391 e. The summed E-state index contributed by atoms with van der Waals surface area (Å²) >= 11 is 6.13. The third-order valence-corrected chi connectivity index (χ3v) is 14.5. The zero-order valence-electron chi connectivity index (χ0n) is 39.0. The smallest absolute Gasteiger partial charge is 0.185 e. The van der Waals surface area contributed by atoms with Gasteiger partial charge in [-0.2, -0.15) is 0 Å². The van der Waals surface area contributed by atoms with E-state index >= 15 is 0 Å². The summed E-state index contributed by atoms with van der Waals surface area (Å²) in [6.45, 7) is 18.5. The Labute approximate surface area is 369 Å². The molecule has 61 heavy (non-hydrogen) atoms. The molecular weight excluding hydrogens is 808 g/mol. The van der Waals surface area contributed by atoms with Crippen LogP contribution in [0.5, 0.6) is 0 Å². The number of hydrogen-bond donors (Lipinski definition) is 4. The van der Waals surface area contributed by atoms with Crippen molar-refractivity contribution in [1.82, 2.24) is 4.90 Å². The van der Waals surface area contributed by atoms with E-state index < -0.39 is 95.6 Å². The molecule has 18 atom stereocenters. The van der Waals surface area contributed by atoms with Crippen molar-refractivity contribution in [2.45, 2.75) is 186 Å². The van der Waals surface area contributed by atoms with Crippen LogP contribution in [0, 0.1) is 29.6 Å². The number of Topliss-reactive ketones (excluding diaryl/α,β-unsaturated/α-hetero) is 1. The van der Waals surface area contributed by atoms with E-state index in [1.165, 1.54) is 7.11 Å². The number of ketones is 1. The van der Waals surface area contributed by atoms with Gasteiger partial charge in [-0.25, -0.2) is 0 Å². The van der Waals surface area contributed by atoms with E-state index in [1.807, 2.05) is 65.7 Å². The molecule has 1 aromatic carbocycles. The van der Waals surface area contributed by atoms with Gasteiger partial charge in [0.25, 0.3) is 0 Å². The molecule has 14 nitrogen and oxygen atoms in total. The number of nitrogens with zero attached hydrogens (tertiary/aromatic N) is 2. The third kappa shape index (κ3) is 11.9. The maximum Gasteiger partial charge on any atom is 0.185 e. The predicted octanol–water partition coefficient (Wildman–Crippen LogP) is 5.76. The SMILES string of the molecule is CC[C@H]1CC(=O)[C@H](C)[C@@H](O[C@H]2C[C@@](C)(OC)[C@@H](O)[C@H](C)O2)[C@H](C)[C@@H](O[C@@H]2O[C@H](C)C[C@H](N(C)C)[C@H]2O)[C@](C)(OC)C[C@@H](C)/C(=N\OCc2ccc(Cl)cc2)[C@H](C)[C@@H](O)[C@]1(C)O. The van der Waals surface area contributed by atoms with E-state index in [0.29, 0.717) is 23.6 Å². The number of carbonyl (C=O) groups excluding carboxylic acids is 1. The molecule has 0 radical (unpaired) electrons. The highest BCUT2D eigenvalue weighted by Crippen LogP contribution is 2.43. The van der Waals surface area contributed by atoms with Gasteiger partial charge < -0.3 is 58.6 Å². The Balaban J connectivity index is 1.90. The molecule has 2 heterocycles. The van der Waals surface area contributed by atoms with E-state index in [4.69, 9.17) is 44.9 Å². The zero-order valence-corrected chi connectivity index (χ0v) is 39.8. The average Bonchev–Trinajstić information content (AvgIpc) is 3.21. The number of rotatable bonds is 11. The largest absolute Gasteiger partial charge is 0.391 e. The van der Waals surface area contributed by atoms with Crippen molar-refractivity contribution in [3.05, 3.63) is 34.9 Å². The summed E-state index contributed by atoms with van der Waals surface area (Å²) in [5.74, 6) is -3.42. The summed E-state index contributed by atoms with van der Waals surface area (Å²) in [7, 11) is 6.95. The molecule has 4 rings (SSSR count). The quantitative estimate of drug-likeness (QED) is 0.198. The van der Waals surface area contributed by atoms with E-state index in [9.17, 15) is 25.2 Å². The first-order valence-electron chi connectivity index (χ1n) is 22.1. The minimum absolute atomic E-state index is 0.0634. The Bertz CT molecular complexity index is 1580. The molecule has 0 aromatic heterocycles. The molecule has 0 bridgehead atoms. The van der Waals surface area contributed by atoms with Crippen LogP contribution < -0.4 is 0 Å². The molecule has 350 valence electrons. The molecule has 1 aromatic rings. The molecule has 3 aliphatic rings. The van der Waals surface area contributed by atoms with Gasteiger partial charge >= 0.3 is 0 Å². The molecule has 3 fully saturated rings. The number of likely N-dealkylation sites (N-methyl/N-ethyl adjacent to an activating group) is 1. The van der Waals surface area contributed by atoms with E-state index in [0.717, 1.165) is 5.56 Å². The number of hydrogen-bond acceptors (Lipinski definition) is 14. The van der Waals surface area contributed by atoms with Gasteiger partial charge in [-0.15, -0.1) is 0 Å². The van der Waals surface area contributed by atoms with E-state index in [2.05, 4.69) is 5.16 Å². The third-order valence-electron chi connectivity index (χ3n) is 14.2. The van der Waals surface area contributed by atoms with Crippen molar-refractivity contribution in [2.24, 2.45) is 34.7 Å². The number of aliphatic hydroxyl groups is 4. The minimum atomic E-state index is -1.71. The fraction of sp³-hybridized carbons (Fsp3) is 0.826. The second kappa shape index (κ2) is 21.5. The normalized spacial score (nSPS) is 44.2. The van der Waals surface area contributed by atoms with Crippen LogP contribution in [-0.2, 0) is 44.7 Å². The molecule has 0 unspecified atom stereocenters. The maximum absolute atomic E-state index is 14.7. The predicted molar refractivity (Wildman–Crippen MR) is 233 cm³/mol. The van der Waals surface area contributed by atoms with Crippen molar-refractivity contribution in [2.75, 3.05) is 28.3 Å². The Hall–Kier alpha value is -1.79. The lowest BCUT2D eigenvalue weighted by molar-refractivity contribution is -0.318. The molecule has 15 heteroatoms. The lowest BCUT2D eigenvalue weighted by atomic mass is 9.69. The lowest BCUT2D eigenvalue weighted by Gasteiger charge is -2.50. The van der Waals surface area contributed by atoms with Gasteiger partial charge in [-0.1, -0.05) is 69.9 Å². The molecule has 0 spiro atoms. The number of benzene rings is 1. The van der Waals surface area contributed by atoms with Crippen molar-refractivity contribution in [3.8, 4) is 0 Å². The number of carbonyl (C=O) groups is 1. The highest BCUT2D eigenvalue weighted by atomic mass is 35.5. The van der Waals surface area contributed by atoms with Gasteiger partial charge in [-0.05, 0) is 85.2 Å². The van der Waals surface area contributed by atoms with Crippen molar-refractivity contribution >= 4 is 23.1 Å². The van der Waals surface area contributed by atoms with Crippen LogP contribution in [-0.4, -0.2) is 143 Å². The second-order valence-electron chi connectivity index (χ2n) is 19.1. The van der Waals surface area contributed by atoms with Crippen molar-refractivity contribution < 1.29 is 58.5 Å². The average molecular weight is 886 g/mol. The first kappa shape index (κ1) is 51.8. The molecule has 0 amide bonds. The standard InChI is InChI=1S/C46H77ClN2O12/c1-15-32-21-35(50)27(4)39(60-36-23-44(8,55-13)41(53)30(7)59-36)29(6)42(61-43-38(51)34(49(11)12)20-26(3)58-43)45(9,56-14)22-25(2)37(28(5)40(52)46(32,10)54)48-57-24-31-16-18-33(47)19-17-31/h16-19,25-30,32,34,36,38-43,51-54H,15,20-24H2,1-14H3/b48-37+/t25-,26-,27+,28+,29+,30+,32+,34+,36+,38-,39-,40-,41+,42-,43+,44-,45-,46-/m1/s1. The molecule has 2 aliphatic heterocycles. The Morgan fingerprint density at radius 1 is 0.885 bits per heavy atom. The van der Waals surface area contributed by atoms with Crippen LogP contribution in [0.15, 0.2) is 29.4 Å². The fourth-order valence-electron chi connectivity index (χ4n) is 9.96. The van der Waals surface area contributed by atoms with Gasteiger partial charge in [-0.3, -0.25) is 4.79 Å². The first-order valence-corrected chi connectivity index (χ1v) is 22.4. The second-order valence-corrected chi connectivity index (χ2v) is 19.5. The maximum atomic E-state index is 14.7. The number of aliphatic hydroxyl groups excluding tert-OH is 3. The molecular formula is C46H77ClN2O12. The summed E-state index contributed by atoms with van der Waals surface area (Å²) in [5.41, 5.74) is -2.58. The van der Waals surface area contributed by atoms with Gasteiger partial charge in [0.05, 0.1) is 53.0 Å². The van der Waals surface area contributed by atoms with Crippen molar-refractivity contribution in [1.29, 1.82) is 0 Å². The molecule has 4 N–H and O–H groups in total. The molecule has 1 aliphatic carbocycles. The number of oxime groups is 1. The topological polar surface area (TPSA) is 178 Å². The van der Waals surface area contributed by atoms with E-state index in [-0.39, 0.29) is 43.8 Å². The summed E-state index contributed by atoms with van der Waals surface area (Å²) in [6, 6.07) is 6.96. The van der Waals surface area contributed by atoms with Gasteiger partial charge in [0, 0.05) is 61.8 Å². The van der Waals surface area contributed by atoms with E-state index in [1.54, 1.807) is 53.9 Å². The van der Waals surface area contributed by atoms with Crippen LogP contribution >= 0.6 is 11.6 Å². The highest BCUT2D eigenvalue weighted by molar-refractivity contribution is 6.30. The van der Waals surface area contributed by atoms with Crippen LogP contribution in [0.4, 0.5) is 0 Å². The van der Waals surface area contributed by atoms with Crippen molar-refractivity contribution in [3.63, 3.8) is 0 Å². The summed E-state index contributed by atoms with van der Waals surface area (Å²) in [5, 5.41) is 52.5. The number of methoxy groups -OCH3 is 2. The van der Waals surface area contributed by atoms with Gasteiger partial charge in [0.15, 0.2) is 12.6 Å². The summed E-state index contributed by atoms with van der Waals surface area (Å²) in [6.07, 6.45) is -6.61. The summed E-state index contributed by atoms with van der Waals surface area (Å²) < 4.78 is 38.9. The summed E-state index contributed by atoms with van der Waals surface area (Å²) in [4.78, 5) is 22.7. The highest BCUT2D eigenvalue weighted by Gasteiger charge is 2.53. The molecule has 1 saturated carbocycles. The first-order chi connectivity index (χ1) is 28.4. The van der Waals surface area contributed by atoms with Crippen LogP contribution in [0.2, 0.25) is 5.02 Å². The Morgan fingerprint density at radius 2 is 1.51 bits per heavy atom. The van der Waals surface area contributed by atoms with Gasteiger partial charge in [0.2, 0.25) is 0 Å². The van der Waals surface area contributed by atoms with Gasteiger partial charge in [0.1, 0.15) is 24.6 Å². The van der Waals surface area contributed by atoms with Crippen LogP contribution in [0.1, 0.15) is 107 Å². The van der Waals surface area contributed by atoms with Crippen LogP contribution in [0.25, 0.3) is 0 Å². The Morgan fingerprint density at radius 3 is 2.08 bits per heavy atom. The molecule has 2 saturated heterocycles. The lowest BCUT2D eigenvalue weighted by Crippen LogP contribution is -2.61. The van der Waals surface area contributed by atoms with Crippen LogP contribution in [0.3, 0.4) is 0 Å². The zero-order chi connectivity index (χ0) is 45.8. The number of ether oxygens (including phenoxy) is 6. The Kier molecular flexibility index (Phi) is 18.2. The monoisotopic (exact) mass is 885 g/mol.